The summed E-state index contributed by atoms with van der Waals surface area (Å²) in [4.78, 5) is 12.5. The molecule has 0 unspecified atom stereocenters. The van der Waals surface area contributed by atoms with Crippen molar-refractivity contribution >= 4 is 21.6 Å². The first-order valence-electron chi connectivity index (χ1n) is 8.89. The van der Waals surface area contributed by atoms with Gasteiger partial charge in [0.05, 0.1) is 17.7 Å². The van der Waals surface area contributed by atoms with Crippen molar-refractivity contribution in [3.63, 3.8) is 0 Å². The third-order valence-corrected chi connectivity index (χ3v) is 5.80. The Bertz CT molecular complexity index is 889. The van der Waals surface area contributed by atoms with Gasteiger partial charge in [0.25, 0.3) is 15.9 Å². The summed E-state index contributed by atoms with van der Waals surface area (Å²) in [6, 6.07) is 11.2. The minimum atomic E-state index is -3.73. The molecular weight excluding hydrogens is 364 g/mol. The Kier molecular flexibility index (Phi) is 6.85. The minimum Gasteiger partial charge on any atom is -0.497 e. The van der Waals surface area contributed by atoms with Crippen LogP contribution in [0.3, 0.4) is 0 Å². The predicted octanol–water partition coefficient (Wildman–Crippen LogP) is 3.72. The molecule has 0 bridgehead atoms. The first-order valence-corrected chi connectivity index (χ1v) is 10.4. The molecule has 146 valence electrons. The van der Waals surface area contributed by atoms with Crippen LogP contribution in [0.5, 0.6) is 5.75 Å². The average molecular weight is 391 g/mol. The zero-order valence-electron chi connectivity index (χ0n) is 16.1. The third kappa shape index (κ3) is 5.23. The van der Waals surface area contributed by atoms with E-state index in [9.17, 15) is 13.2 Å². The highest BCUT2D eigenvalue weighted by atomic mass is 32.2. The largest absolute Gasteiger partial charge is 0.497 e. The highest BCUT2D eigenvalue weighted by molar-refractivity contribution is 7.92. The molecule has 0 aromatic heterocycles. The van der Waals surface area contributed by atoms with Gasteiger partial charge in [0, 0.05) is 11.6 Å². The second-order valence-electron chi connectivity index (χ2n) is 6.30. The fourth-order valence-corrected chi connectivity index (χ4v) is 3.77. The molecule has 0 aliphatic rings. The molecule has 0 aliphatic heterocycles. The number of aryl methyl sites for hydroxylation is 1. The predicted molar refractivity (Wildman–Crippen MR) is 107 cm³/mol. The smallest absolute Gasteiger partial charge is 0.261 e. The van der Waals surface area contributed by atoms with Crippen LogP contribution in [0.2, 0.25) is 0 Å². The fraction of sp³-hybridized carbons (Fsp3) is 0.350. The molecule has 2 aromatic carbocycles. The van der Waals surface area contributed by atoms with E-state index in [1.807, 2.05) is 13.8 Å². The Balaban J connectivity index is 2.18. The molecule has 0 heterocycles. The van der Waals surface area contributed by atoms with E-state index in [0.717, 1.165) is 12.8 Å². The van der Waals surface area contributed by atoms with Gasteiger partial charge in [-0.3, -0.25) is 9.52 Å². The lowest BCUT2D eigenvalue weighted by Crippen LogP contribution is -2.33. The van der Waals surface area contributed by atoms with Gasteiger partial charge in [0.2, 0.25) is 0 Å². The number of carbonyl (C=O) groups excluding carboxylic acids is 1. The SMILES string of the molecule is CCC(CC)NC(=O)c1ccc(NS(=O)(=O)c2ccc(OC)cc2)c(C)c1. The molecule has 2 aromatic rings. The molecule has 2 rings (SSSR count). The van der Waals surface area contributed by atoms with Crippen LogP contribution in [0.25, 0.3) is 0 Å². The Labute approximate surface area is 161 Å². The summed E-state index contributed by atoms with van der Waals surface area (Å²) in [5.74, 6) is 0.425. The topological polar surface area (TPSA) is 84.5 Å². The molecule has 0 aliphatic carbocycles. The minimum absolute atomic E-state index is 0.131. The van der Waals surface area contributed by atoms with E-state index in [2.05, 4.69) is 10.0 Å². The normalized spacial score (nSPS) is 11.3. The van der Waals surface area contributed by atoms with Crippen molar-refractivity contribution in [2.24, 2.45) is 0 Å². The van der Waals surface area contributed by atoms with E-state index >= 15 is 0 Å². The average Bonchev–Trinajstić information content (AvgIpc) is 2.67. The number of amides is 1. The highest BCUT2D eigenvalue weighted by Gasteiger charge is 2.17. The molecular formula is C20H26N2O4S. The first kappa shape index (κ1) is 20.8. The van der Waals surface area contributed by atoms with Crippen molar-refractivity contribution in [1.29, 1.82) is 0 Å². The zero-order chi connectivity index (χ0) is 20.0. The lowest BCUT2D eigenvalue weighted by molar-refractivity contribution is 0.0935. The van der Waals surface area contributed by atoms with Crippen LogP contribution in [0, 0.1) is 6.92 Å². The third-order valence-electron chi connectivity index (χ3n) is 4.42. The second kappa shape index (κ2) is 8.90. The Hall–Kier alpha value is -2.54. The molecule has 2 N–H and O–H groups in total. The van der Waals surface area contributed by atoms with E-state index in [4.69, 9.17) is 4.74 Å². The summed E-state index contributed by atoms with van der Waals surface area (Å²) in [5.41, 5.74) is 1.61. The molecule has 7 heteroatoms. The van der Waals surface area contributed by atoms with Crippen molar-refractivity contribution in [3.8, 4) is 5.75 Å². The van der Waals surface area contributed by atoms with Crippen LogP contribution in [0.15, 0.2) is 47.4 Å². The van der Waals surface area contributed by atoms with Crippen LogP contribution >= 0.6 is 0 Å². The van der Waals surface area contributed by atoms with Crippen molar-refractivity contribution in [2.75, 3.05) is 11.8 Å². The lowest BCUT2D eigenvalue weighted by Gasteiger charge is -2.16. The van der Waals surface area contributed by atoms with E-state index in [1.54, 1.807) is 37.3 Å². The van der Waals surface area contributed by atoms with Crippen LogP contribution in [0.1, 0.15) is 42.6 Å². The van der Waals surface area contributed by atoms with Crippen LogP contribution in [0.4, 0.5) is 5.69 Å². The summed E-state index contributed by atoms with van der Waals surface area (Å²) < 4.78 is 32.7. The van der Waals surface area contributed by atoms with Gasteiger partial charge in [-0.15, -0.1) is 0 Å². The molecule has 0 atom stereocenters. The number of benzene rings is 2. The fourth-order valence-electron chi connectivity index (χ4n) is 2.64. The number of hydrogen-bond acceptors (Lipinski definition) is 4. The summed E-state index contributed by atoms with van der Waals surface area (Å²) in [5, 5.41) is 2.97. The molecule has 0 fully saturated rings. The second-order valence-corrected chi connectivity index (χ2v) is 7.98. The van der Waals surface area contributed by atoms with E-state index in [1.165, 1.54) is 19.2 Å². The summed E-state index contributed by atoms with van der Waals surface area (Å²) in [6.07, 6.45) is 1.72. The molecule has 0 spiro atoms. The standard InChI is InChI=1S/C20H26N2O4S/c1-5-16(6-2)21-20(23)15-7-12-19(14(3)13-15)22-27(24,25)18-10-8-17(26-4)9-11-18/h7-13,16,22H,5-6H2,1-4H3,(H,21,23). The van der Waals surface area contributed by atoms with Crippen molar-refractivity contribution in [3.05, 3.63) is 53.6 Å². The Morgan fingerprint density at radius 2 is 1.70 bits per heavy atom. The number of ether oxygens (including phenoxy) is 1. The number of rotatable bonds is 8. The van der Waals surface area contributed by atoms with Crippen molar-refractivity contribution in [1.82, 2.24) is 5.32 Å². The number of carbonyl (C=O) groups is 1. The van der Waals surface area contributed by atoms with Gasteiger partial charge >= 0.3 is 0 Å². The summed E-state index contributed by atoms with van der Waals surface area (Å²) >= 11 is 0. The van der Waals surface area contributed by atoms with Gasteiger partial charge in [0.1, 0.15) is 5.75 Å². The maximum Gasteiger partial charge on any atom is 0.261 e. The van der Waals surface area contributed by atoms with E-state index < -0.39 is 10.0 Å². The van der Waals surface area contributed by atoms with E-state index in [0.29, 0.717) is 22.6 Å². The van der Waals surface area contributed by atoms with Gasteiger partial charge in [-0.25, -0.2) is 8.42 Å². The maximum atomic E-state index is 12.6. The number of sulfonamides is 1. The quantitative estimate of drug-likeness (QED) is 0.719. The monoisotopic (exact) mass is 390 g/mol. The Morgan fingerprint density at radius 1 is 1.07 bits per heavy atom. The van der Waals surface area contributed by atoms with Crippen molar-refractivity contribution < 1.29 is 17.9 Å². The lowest BCUT2D eigenvalue weighted by atomic mass is 10.1. The van der Waals surface area contributed by atoms with Gasteiger partial charge in [-0.05, 0) is 67.8 Å². The number of anilines is 1. The van der Waals surface area contributed by atoms with Gasteiger partial charge < -0.3 is 10.1 Å². The highest BCUT2D eigenvalue weighted by Crippen LogP contribution is 2.22. The molecule has 27 heavy (non-hydrogen) atoms. The number of nitrogens with one attached hydrogen (secondary N) is 2. The maximum absolute atomic E-state index is 12.6. The number of methoxy groups -OCH3 is 1. The molecule has 0 radical (unpaired) electrons. The van der Waals surface area contributed by atoms with Crippen molar-refractivity contribution in [2.45, 2.75) is 44.6 Å². The molecule has 0 saturated heterocycles. The Morgan fingerprint density at radius 3 is 2.22 bits per heavy atom. The first-order chi connectivity index (χ1) is 12.8. The zero-order valence-corrected chi connectivity index (χ0v) is 16.9. The summed E-state index contributed by atoms with van der Waals surface area (Å²) in [7, 11) is -2.21. The van der Waals surface area contributed by atoms with Crippen LogP contribution < -0.4 is 14.8 Å². The summed E-state index contributed by atoms with van der Waals surface area (Å²) in [6.45, 7) is 5.81. The van der Waals surface area contributed by atoms with Crippen LogP contribution in [-0.4, -0.2) is 27.5 Å². The molecule has 1 amide bonds. The molecule has 0 saturated carbocycles. The van der Waals surface area contributed by atoms with Gasteiger partial charge in [-0.2, -0.15) is 0 Å². The molecule has 6 nitrogen and oxygen atoms in total. The van der Waals surface area contributed by atoms with Gasteiger partial charge in [-0.1, -0.05) is 13.8 Å². The van der Waals surface area contributed by atoms with E-state index in [-0.39, 0.29) is 16.8 Å². The van der Waals surface area contributed by atoms with Gasteiger partial charge in [0.15, 0.2) is 0 Å². The number of hydrogen-bond donors (Lipinski definition) is 2. The van der Waals surface area contributed by atoms with Crippen LogP contribution in [-0.2, 0) is 10.0 Å².